The van der Waals surface area contributed by atoms with Gasteiger partial charge in [-0.15, -0.1) is 0 Å². The van der Waals surface area contributed by atoms with Crippen molar-refractivity contribution in [2.24, 2.45) is 0 Å². The van der Waals surface area contributed by atoms with E-state index < -0.39 is 5.82 Å². The minimum absolute atomic E-state index is 0.108. The Balaban J connectivity index is 1.77. The fourth-order valence-corrected chi connectivity index (χ4v) is 2.16. The van der Waals surface area contributed by atoms with E-state index in [-0.39, 0.29) is 18.1 Å². The molecule has 0 aliphatic carbocycles. The number of nitrogens with zero attached hydrogens (tertiary/aromatic N) is 2. The molecule has 0 bridgehead atoms. The molecule has 7 heteroatoms. The van der Waals surface area contributed by atoms with E-state index in [1.54, 1.807) is 24.3 Å². The number of aromatic nitrogens is 2. The molecule has 0 saturated heterocycles. The lowest BCUT2D eigenvalue weighted by molar-refractivity contribution is -0.115. The summed E-state index contributed by atoms with van der Waals surface area (Å²) in [5.41, 5.74) is 1.19. The second-order valence-electron chi connectivity index (χ2n) is 4.94. The summed E-state index contributed by atoms with van der Waals surface area (Å²) < 4.78 is 23.6. The average Bonchev–Trinajstić information content (AvgIpc) is 3.08. The highest BCUT2D eigenvalue weighted by atomic mass is 19.1. The zero-order chi connectivity index (χ0) is 16.9. The van der Waals surface area contributed by atoms with Gasteiger partial charge in [0.1, 0.15) is 17.9 Å². The van der Waals surface area contributed by atoms with Crippen molar-refractivity contribution in [1.29, 1.82) is 0 Å². The van der Waals surface area contributed by atoms with Crippen LogP contribution in [-0.4, -0.2) is 23.0 Å². The number of carbonyl (C=O) groups is 1. The summed E-state index contributed by atoms with van der Waals surface area (Å²) in [6.45, 7) is 0. The Bertz CT molecular complexity index is 850. The van der Waals surface area contributed by atoms with E-state index in [4.69, 9.17) is 9.15 Å². The first kappa shape index (κ1) is 15.7. The van der Waals surface area contributed by atoms with Gasteiger partial charge in [-0.1, -0.05) is 0 Å². The highest BCUT2D eigenvalue weighted by molar-refractivity contribution is 5.91. The van der Waals surface area contributed by atoms with E-state index in [0.717, 1.165) is 0 Å². The van der Waals surface area contributed by atoms with Gasteiger partial charge in [-0.2, -0.15) is 0 Å². The fourth-order valence-electron chi connectivity index (χ4n) is 2.16. The number of furan rings is 1. The molecule has 1 aromatic carbocycles. The molecule has 3 aromatic rings. The maximum Gasteiger partial charge on any atom is 0.233 e. The number of rotatable bonds is 5. The number of methoxy groups -OCH3 is 1. The molecule has 6 nitrogen and oxygen atoms in total. The van der Waals surface area contributed by atoms with Gasteiger partial charge in [0.25, 0.3) is 0 Å². The summed E-state index contributed by atoms with van der Waals surface area (Å²) in [7, 11) is 1.39. The normalized spacial score (nSPS) is 10.4. The van der Waals surface area contributed by atoms with Crippen LogP contribution in [0.15, 0.2) is 53.4 Å². The number of halogens is 1. The number of benzene rings is 1. The summed E-state index contributed by atoms with van der Waals surface area (Å²) >= 11 is 0. The van der Waals surface area contributed by atoms with Crippen LogP contribution in [0.2, 0.25) is 0 Å². The Morgan fingerprint density at radius 2 is 2.17 bits per heavy atom. The van der Waals surface area contributed by atoms with Gasteiger partial charge >= 0.3 is 0 Å². The predicted octanol–water partition coefficient (Wildman–Crippen LogP) is 3.07. The monoisotopic (exact) mass is 327 g/mol. The van der Waals surface area contributed by atoms with Crippen LogP contribution in [0.3, 0.4) is 0 Å². The van der Waals surface area contributed by atoms with E-state index in [0.29, 0.717) is 22.8 Å². The SMILES string of the molecule is COc1cc(-c2cc(NC(=O)Cc3ccco3)ncn2)ccc1F. The quantitative estimate of drug-likeness (QED) is 0.779. The molecule has 2 heterocycles. The topological polar surface area (TPSA) is 77.2 Å². The van der Waals surface area contributed by atoms with Crippen LogP contribution in [-0.2, 0) is 11.2 Å². The Morgan fingerprint density at radius 1 is 1.29 bits per heavy atom. The van der Waals surface area contributed by atoms with Crippen LogP contribution in [0, 0.1) is 5.82 Å². The Kier molecular flexibility index (Phi) is 4.51. The summed E-state index contributed by atoms with van der Waals surface area (Å²) in [6.07, 6.45) is 2.94. The first-order valence-corrected chi connectivity index (χ1v) is 7.14. The van der Waals surface area contributed by atoms with Crippen molar-refractivity contribution in [3.63, 3.8) is 0 Å². The van der Waals surface area contributed by atoms with Crippen LogP contribution in [0.1, 0.15) is 5.76 Å². The smallest absolute Gasteiger partial charge is 0.233 e. The molecule has 122 valence electrons. The number of carbonyl (C=O) groups excluding carboxylic acids is 1. The Morgan fingerprint density at radius 3 is 2.92 bits per heavy atom. The van der Waals surface area contributed by atoms with Gasteiger partial charge in [0.15, 0.2) is 11.6 Å². The predicted molar refractivity (Wildman–Crippen MR) is 85.0 cm³/mol. The van der Waals surface area contributed by atoms with Crippen molar-refractivity contribution < 1.29 is 18.3 Å². The molecule has 1 N–H and O–H groups in total. The van der Waals surface area contributed by atoms with Gasteiger partial charge in [0, 0.05) is 11.6 Å². The minimum Gasteiger partial charge on any atom is -0.494 e. The molecule has 0 unspecified atom stereocenters. The van der Waals surface area contributed by atoms with Gasteiger partial charge < -0.3 is 14.5 Å². The third-order valence-electron chi connectivity index (χ3n) is 3.30. The van der Waals surface area contributed by atoms with Crippen molar-refractivity contribution in [2.45, 2.75) is 6.42 Å². The van der Waals surface area contributed by atoms with Crippen LogP contribution >= 0.6 is 0 Å². The minimum atomic E-state index is -0.456. The van der Waals surface area contributed by atoms with Gasteiger partial charge in [0.2, 0.25) is 5.91 Å². The number of hydrogen-bond donors (Lipinski definition) is 1. The summed E-state index contributed by atoms with van der Waals surface area (Å²) in [5.74, 6) is 0.313. The lowest BCUT2D eigenvalue weighted by atomic mass is 10.1. The van der Waals surface area contributed by atoms with Crippen molar-refractivity contribution in [3.05, 3.63) is 60.6 Å². The lowest BCUT2D eigenvalue weighted by Gasteiger charge is -2.07. The third-order valence-corrected chi connectivity index (χ3v) is 3.30. The molecule has 0 aliphatic heterocycles. The van der Waals surface area contributed by atoms with Crippen LogP contribution < -0.4 is 10.1 Å². The summed E-state index contributed by atoms with van der Waals surface area (Å²) in [6, 6.07) is 9.45. The van der Waals surface area contributed by atoms with Crippen molar-refractivity contribution in [1.82, 2.24) is 9.97 Å². The molecule has 24 heavy (non-hydrogen) atoms. The molecule has 3 rings (SSSR count). The molecule has 0 aliphatic rings. The van der Waals surface area contributed by atoms with Crippen LogP contribution in [0.4, 0.5) is 10.2 Å². The molecule has 0 spiro atoms. The van der Waals surface area contributed by atoms with Crippen molar-refractivity contribution in [2.75, 3.05) is 12.4 Å². The second-order valence-corrected chi connectivity index (χ2v) is 4.94. The molecular weight excluding hydrogens is 313 g/mol. The fraction of sp³-hybridized carbons (Fsp3) is 0.118. The maximum atomic E-state index is 13.5. The van der Waals surface area contributed by atoms with E-state index in [9.17, 15) is 9.18 Å². The molecule has 0 saturated carbocycles. The largest absolute Gasteiger partial charge is 0.494 e. The van der Waals surface area contributed by atoms with E-state index in [2.05, 4.69) is 15.3 Å². The lowest BCUT2D eigenvalue weighted by Crippen LogP contribution is -2.15. The number of nitrogens with one attached hydrogen (secondary N) is 1. The first-order chi connectivity index (χ1) is 11.7. The number of ether oxygens (including phenoxy) is 1. The zero-order valence-corrected chi connectivity index (χ0v) is 12.8. The summed E-state index contributed by atoms with van der Waals surface area (Å²) in [5, 5.41) is 2.67. The van der Waals surface area contributed by atoms with E-state index in [1.165, 1.54) is 31.8 Å². The highest BCUT2D eigenvalue weighted by Gasteiger charge is 2.10. The van der Waals surface area contributed by atoms with Crippen molar-refractivity contribution >= 4 is 11.7 Å². The summed E-state index contributed by atoms with van der Waals surface area (Å²) in [4.78, 5) is 20.1. The first-order valence-electron chi connectivity index (χ1n) is 7.14. The average molecular weight is 327 g/mol. The zero-order valence-electron chi connectivity index (χ0n) is 12.8. The van der Waals surface area contributed by atoms with Gasteiger partial charge in [-0.05, 0) is 30.3 Å². The van der Waals surface area contributed by atoms with Crippen LogP contribution in [0.25, 0.3) is 11.3 Å². The molecule has 0 atom stereocenters. The second kappa shape index (κ2) is 6.91. The van der Waals surface area contributed by atoms with Crippen molar-refractivity contribution in [3.8, 4) is 17.0 Å². The molecular formula is C17H14FN3O3. The van der Waals surface area contributed by atoms with E-state index >= 15 is 0 Å². The number of amides is 1. The molecule has 2 aromatic heterocycles. The third kappa shape index (κ3) is 3.57. The number of anilines is 1. The van der Waals surface area contributed by atoms with Gasteiger partial charge in [-0.3, -0.25) is 4.79 Å². The Labute approximate surface area is 137 Å². The molecule has 0 fully saturated rings. The molecule has 1 amide bonds. The van der Waals surface area contributed by atoms with E-state index in [1.807, 2.05) is 0 Å². The highest BCUT2D eigenvalue weighted by Crippen LogP contribution is 2.25. The van der Waals surface area contributed by atoms with Crippen LogP contribution in [0.5, 0.6) is 5.75 Å². The molecule has 0 radical (unpaired) electrons. The number of hydrogen-bond acceptors (Lipinski definition) is 5. The van der Waals surface area contributed by atoms with Gasteiger partial charge in [0.05, 0.1) is 25.5 Å². The maximum absolute atomic E-state index is 13.5. The van der Waals surface area contributed by atoms with Gasteiger partial charge in [-0.25, -0.2) is 14.4 Å². The standard InChI is InChI=1S/C17H14FN3O3/c1-23-15-7-11(4-5-13(15)18)14-9-16(20-10-19-14)21-17(22)8-12-3-2-6-24-12/h2-7,9-10H,8H2,1H3,(H,19,20,21,22). The Hall–Kier alpha value is -3.22.